The highest BCUT2D eigenvalue weighted by molar-refractivity contribution is 6.06. The van der Waals surface area contributed by atoms with Gasteiger partial charge in [0.05, 0.1) is 30.4 Å². The zero-order valence-electron chi connectivity index (χ0n) is 13.3. The summed E-state index contributed by atoms with van der Waals surface area (Å²) in [7, 11) is 2.61. The number of carboxylic acids is 1. The van der Waals surface area contributed by atoms with Gasteiger partial charge in [-0.1, -0.05) is 6.07 Å². The van der Waals surface area contributed by atoms with Crippen LogP contribution in [0.1, 0.15) is 20.7 Å². The summed E-state index contributed by atoms with van der Waals surface area (Å²) in [6.07, 6.45) is 0. The number of carbonyl (C=O) groups excluding carboxylic acids is 1. The number of benzene rings is 2. The molecule has 0 aliphatic carbocycles. The second kappa shape index (κ2) is 7.30. The molecule has 0 spiro atoms. The Labute approximate surface area is 141 Å². The van der Waals surface area contributed by atoms with Gasteiger partial charge in [-0.2, -0.15) is 0 Å². The van der Waals surface area contributed by atoms with Gasteiger partial charge in [-0.05, 0) is 18.2 Å². The summed E-state index contributed by atoms with van der Waals surface area (Å²) in [6, 6.07) is 7.77. The van der Waals surface area contributed by atoms with Crippen LogP contribution in [-0.2, 0) is 0 Å². The SMILES string of the molecule is COc1cc(OC)c([N+](=O)[O-])cc1NC(=O)c1cccc(C(=O)O)c1. The number of amides is 1. The van der Waals surface area contributed by atoms with Gasteiger partial charge in [-0.3, -0.25) is 14.9 Å². The molecule has 0 heterocycles. The lowest BCUT2D eigenvalue weighted by Gasteiger charge is -2.12. The zero-order valence-corrected chi connectivity index (χ0v) is 13.3. The van der Waals surface area contributed by atoms with Gasteiger partial charge < -0.3 is 19.9 Å². The van der Waals surface area contributed by atoms with Crippen molar-refractivity contribution in [1.82, 2.24) is 0 Å². The Hall–Kier alpha value is -3.62. The highest BCUT2D eigenvalue weighted by atomic mass is 16.6. The first-order chi connectivity index (χ1) is 11.9. The van der Waals surface area contributed by atoms with E-state index in [1.807, 2.05) is 0 Å². The number of ether oxygens (including phenoxy) is 2. The van der Waals surface area contributed by atoms with Crippen LogP contribution in [0.5, 0.6) is 11.5 Å². The first kappa shape index (κ1) is 17.7. The molecule has 2 N–H and O–H groups in total. The third-order valence-corrected chi connectivity index (χ3v) is 3.32. The minimum Gasteiger partial charge on any atom is -0.494 e. The zero-order chi connectivity index (χ0) is 18.6. The maximum Gasteiger partial charge on any atom is 0.335 e. The van der Waals surface area contributed by atoms with Gasteiger partial charge in [0.15, 0.2) is 0 Å². The number of aromatic carboxylic acids is 1. The summed E-state index contributed by atoms with van der Waals surface area (Å²) in [6.45, 7) is 0. The second-order valence-electron chi connectivity index (χ2n) is 4.82. The summed E-state index contributed by atoms with van der Waals surface area (Å²) in [4.78, 5) is 33.8. The molecular formula is C16H14N2O7. The van der Waals surface area contributed by atoms with E-state index in [1.165, 1.54) is 44.6 Å². The van der Waals surface area contributed by atoms with Gasteiger partial charge in [0.2, 0.25) is 5.75 Å². The smallest absolute Gasteiger partial charge is 0.335 e. The van der Waals surface area contributed by atoms with Crippen LogP contribution in [0.25, 0.3) is 0 Å². The van der Waals surface area contributed by atoms with E-state index in [0.29, 0.717) is 0 Å². The molecule has 0 bridgehead atoms. The van der Waals surface area contributed by atoms with Crippen LogP contribution in [0.4, 0.5) is 11.4 Å². The minimum atomic E-state index is -1.17. The number of nitrogens with one attached hydrogen (secondary N) is 1. The fourth-order valence-corrected chi connectivity index (χ4v) is 2.11. The van der Waals surface area contributed by atoms with Crippen LogP contribution in [0.15, 0.2) is 36.4 Å². The molecule has 2 aromatic carbocycles. The molecule has 0 unspecified atom stereocenters. The number of anilines is 1. The Bertz CT molecular complexity index is 848. The van der Waals surface area contributed by atoms with Crippen molar-refractivity contribution in [1.29, 1.82) is 0 Å². The lowest BCUT2D eigenvalue weighted by atomic mass is 10.1. The fraction of sp³-hybridized carbons (Fsp3) is 0.125. The summed E-state index contributed by atoms with van der Waals surface area (Å²) < 4.78 is 10.0. The van der Waals surface area contributed by atoms with Gasteiger partial charge in [0.1, 0.15) is 5.75 Å². The molecule has 2 aromatic rings. The third-order valence-electron chi connectivity index (χ3n) is 3.32. The molecule has 9 nitrogen and oxygen atoms in total. The summed E-state index contributed by atoms with van der Waals surface area (Å²) in [5.41, 5.74) is -0.264. The van der Waals surface area contributed by atoms with E-state index in [4.69, 9.17) is 14.6 Å². The topological polar surface area (TPSA) is 128 Å². The number of nitro benzene ring substituents is 1. The molecule has 0 aromatic heterocycles. The Morgan fingerprint density at radius 1 is 1.08 bits per heavy atom. The monoisotopic (exact) mass is 346 g/mol. The maximum atomic E-state index is 12.3. The van der Waals surface area contributed by atoms with Crippen LogP contribution in [0, 0.1) is 10.1 Å². The normalized spacial score (nSPS) is 10.0. The van der Waals surface area contributed by atoms with Crippen molar-refractivity contribution >= 4 is 23.3 Å². The van der Waals surface area contributed by atoms with Crippen molar-refractivity contribution < 1.29 is 29.1 Å². The third kappa shape index (κ3) is 3.83. The molecule has 0 saturated carbocycles. The van der Waals surface area contributed by atoms with E-state index in [1.54, 1.807) is 0 Å². The molecule has 25 heavy (non-hydrogen) atoms. The molecule has 2 rings (SSSR count). The Morgan fingerprint density at radius 3 is 2.28 bits per heavy atom. The van der Waals surface area contributed by atoms with Gasteiger partial charge in [-0.25, -0.2) is 4.79 Å². The molecule has 9 heteroatoms. The first-order valence-corrected chi connectivity index (χ1v) is 6.92. The number of hydrogen-bond acceptors (Lipinski definition) is 6. The quantitative estimate of drug-likeness (QED) is 0.607. The molecule has 0 radical (unpaired) electrons. The molecule has 130 valence electrons. The van der Waals surface area contributed by atoms with Gasteiger partial charge in [0, 0.05) is 17.7 Å². The van der Waals surface area contributed by atoms with Crippen molar-refractivity contribution in [2.45, 2.75) is 0 Å². The first-order valence-electron chi connectivity index (χ1n) is 6.92. The molecule has 0 aliphatic heterocycles. The summed E-state index contributed by atoms with van der Waals surface area (Å²) >= 11 is 0. The van der Waals surface area contributed by atoms with E-state index in [0.717, 1.165) is 6.07 Å². The van der Waals surface area contributed by atoms with E-state index < -0.39 is 16.8 Å². The molecule has 0 saturated heterocycles. The number of nitrogens with zero attached hydrogens (tertiary/aromatic N) is 1. The minimum absolute atomic E-state index is 0.0206. The standard InChI is InChI=1S/C16H14N2O7/c1-24-13-8-14(25-2)12(18(22)23)7-11(13)17-15(19)9-4-3-5-10(6-9)16(20)21/h3-8H,1-2H3,(H,17,19)(H,20,21). The van der Waals surface area contributed by atoms with Crippen molar-refractivity contribution in [3.63, 3.8) is 0 Å². The van der Waals surface area contributed by atoms with Crippen LogP contribution in [0.3, 0.4) is 0 Å². The number of carbonyl (C=O) groups is 2. The lowest BCUT2D eigenvalue weighted by Crippen LogP contribution is -2.14. The highest BCUT2D eigenvalue weighted by Crippen LogP contribution is 2.37. The Morgan fingerprint density at radius 2 is 1.72 bits per heavy atom. The van der Waals surface area contributed by atoms with Crippen LogP contribution in [-0.4, -0.2) is 36.1 Å². The second-order valence-corrected chi connectivity index (χ2v) is 4.82. The fourth-order valence-electron chi connectivity index (χ4n) is 2.11. The molecule has 0 atom stereocenters. The molecule has 0 aliphatic rings. The number of nitro groups is 1. The van der Waals surface area contributed by atoms with Crippen molar-refractivity contribution in [3.8, 4) is 11.5 Å². The van der Waals surface area contributed by atoms with Gasteiger partial charge in [-0.15, -0.1) is 0 Å². The highest BCUT2D eigenvalue weighted by Gasteiger charge is 2.21. The number of methoxy groups -OCH3 is 2. The van der Waals surface area contributed by atoms with E-state index in [-0.39, 0.29) is 34.0 Å². The van der Waals surface area contributed by atoms with E-state index in [2.05, 4.69) is 5.32 Å². The average Bonchev–Trinajstić information content (AvgIpc) is 2.61. The van der Waals surface area contributed by atoms with Crippen LogP contribution in [0.2, 0.25) is 0 Å². The average molecular weight is 346 g/mol. The van der Waals surface area contributed by atoms with E-state index >= 15 is 0 Å². The van der Waals surface area contributed by atoms with E-state index in [9.17, 15) is 19.7 Å². The Balaban J connectivity index is 2.40. The van der Waals surface area contributed by atoms with Crippen molar-refractivity contribution in [2.24, 2.45) is 0 Å². The molecule has 1 amide bonds. The summed E-state index contributed by atoms with van der Waals surface area (Å²) in [5.74, 6) is -1.67. The largest absolute Gasteiger partial charge is 0.494 e. The van der Waals surface area contributed by atoms with Gasteiger partial charge in [0.25, 0.3) is 5.91 Å². The summed E-state index contributed by atoms with van der Waals surface area (Å²) in [5, 5.41) is 22.6. The van der Waals surface area contributed by atoms with Gasteiger partial charge >= 0.3 is 11.7 Å². The number of hydrogen-bond donors (Lipinski definition) is 2. The van der Waals surface area contributed by atoms with Crippen molar-refractivity contribution in [3.05, 3.63) is 57.6 Å². The van der Waals surface area contributed by atoms with Crippen molar-refractivity contribution in [2.75, 3.05) is 19.5 Å². The molecular weight excluding hydrogens is 332 g/mol. The number of carboxylic acid groups (broad SMARTS) is 1. The lowest BCUT2D eigenvalue weighted by molar-refractivity contribution is -0.385. The van der Waals surface area contributed by atoms with Crippen LogP contribution < -0.4 is 14.8 Å². The number of rotatable bonds is 6. The maximum absolute atomic E-state index is 12.3. The Kier molecular flexibility index (Phi) is 5.18. The predicted octanol–water partition coefficient (Wildman–Crippen LogP) is 2.56. The van der Waals surface area contributed by atoms with Crippen LogP contribution >= 0.6 is 0 Å². The predicted molar refractivity (Wildman–Crippen MR) is 87.6 cm³/mol. The molecule has 0 fully saturated rings.